The van der Waals surface area contributed by atoms with E-state index in [9.17, 15) is 9.18 Å². The van der Waals surface area contributed by atoms with Crippen molar-refractivity contribution in [3.8, 4) is 0 Å². The number of amides is 1. The molecule has 0 spiro atoms. The van der Waals surface area contributed by atoms with Crippen molar-refractivity contribution < 1.29 is 9.18 Å². The number of hydrogen-bond acceptors (Lipinski definition) is 3. The van der Waals surface area contributed by atoms with Gasteiger partial charge < -0.3 is 14.8 Å². The van der Waals surface area contributed by atoms with Crippen LogP contribution in [0.15, 0.2) is 30.3 Å². The molecule has 4 rings (SSSR count). The van der Waals surface area contributed by atoms with E-state index >= 15 is 0 Å². The molecule has 1 saturated heterocycles. The third-order valence-electron chi connectivity index (χ3n) is 4.81. The Morgan fingerprint density at radius 3 is 3.00 bits per heavy atom. The summed E-state index contributed by atoms with van der Waals surface area (Å²) in [5.41, 5.74) is 3.18. The largest absolute Gasteiger partial charge is 0.351 e. The van der Waals surface area contributed by atoms with Crippen molar-refractivity contribution in [1.82, 2.24) is 25.0 Å². The van der Waals surface area contributed by atoms with Gasteiger partial charge in [-0.25, -0.2) is 4.39 Å². The van der Waals surface area contributed by atoms with Crippen molar-refractivity contribution in [3.63, 3.8) is 0 Å². The van der Waals surface area contributed by atoms with E-state index in [4.69, 9.17) is 0 Å². The molecule has 3 heterocycles. The molecule has 0 saturated carbocycles. The first kappa shape index (κ1) is 16.8. The summed E-state index contributed by atoms with van der Waals surface area (Å²) in [5, 5.41) is 8.19. The first-order chi connectivity index (χ1) is 12.5. The monoisotopic (exact) mass is 355 g/mol. The minimum Gasteiger partial charge on any atom is -0.351 e. The van der Waals surface area contributed by atoms with Gasteiger partial charge in [0.2, 0.25) is 0 Å². The summed E-state index contributed by atoms with van der Waals surface area (Å²) in [6, 6.07) is 8.21. The van der Waals surface area contributed by atoms with Gasteiger partial charge in [0.15, 0.2) is 0 Å². The highest BCUT2D eigenvalue weighted by atomic mass is 19.1. The van der Waals surface area contributed by atoms with Gasteiger partial charge in [0.1, 0.15) is 11.5 Å². The van der Waals surface area contributed by atoms with Gasteiger partial charge in [0, 0.05) is 29.7 Å². The number of aromatic nitrogens is 3. The number of nitrogens with one attached hydrogen (secondary N) is 2. The molecule has 26 heavy (non-hydrogen) atoms. The molecule has 1 amide bonds. The first-order valence-corrected chi connectivity index (χ1v) is 8.79. The molecule has 1 aliphatic rings. The third-order valence-corrected chi connectivity index (χ3v) is 4.81. The zero-order chi connectivity index (χ0) is 18.3. The molecule has 0 radical (unpaired) electrons. The number of H-pyrrole nitrogens is 2. The second-order valence-electron chi connectivity index (χ2n) is 7.13. The van der Waals surface area contributed by atoms with Crippen LogP contribution in [0, 0.1) is 5.82 Å². The summed E-state index contributed by atoms with van der Waals surface area (Å²) in [7, 11) is 4.01. The van der Waals surface area contributed by atoms with Crippen molar-refractivity contribution in [2.75, 3.05) is 20.6 Å². The third kappa shape index (κ3) is 3.10. The minimum atomic E-state index is -0.306. The van der Waals surface area contributed by atoms with E-state index in [0.717, 1.165) is 36.3 Å². The van der Waals surface area contributed by atoms with Crippen molar-refractivity contribution >= 4 is 16.8 Å². The Bertz CT molecular complexity index is 944. The highest BCUT2D eigenvalue weighted by Gasteiger charge is 2.33. The lowest BCUT2D eigenvalue weighted by molar-refractivity contribution is 0.0728. The lowest BCUT2D eigenvalue weighted by atomic mass is 10.1. The number of hydrogen-bond donors (Lipinski definition) is 2. The number of aromatic amines is 2. The topological polar surface area (TPSA) is 68.0 Å². The van der Waals surface area contributed by atoms with Crippen LogP contribution in [0.1, 0.15) is 40.8 Å². The van der Waals surface area contributed by atoms with E-state index < -0.39 is 0 Å². The Morgan fingerprint density at radius 2 is 2.19 bits per heavy atom. The smallest absolute Gasteiger partial charge is 0.270 e. The summed E-state index contributed by atoms with van der Waals surface area (Å²) in [6.45, 7) is 1.48. The van der Waals surface area contributed by atoms with Gasteiger partial charge in [0.05, 0.1) is 11.7 Å². The number of fused-ring (bicyclic) bond motifs is 1. The van der Waals surface area contributed by atoms with Gasteiger partial charge in [-0.3, -0.25) is 9.89 Å². The van der Waals surface area contributed by atoms with Crippen molar-refractivity contribution in [1.29, 1.82) is 0 Å². The number of likely N-dealkylation sites (tertiary alicyclic amines) is 1. The van der Waals surface area contributed by atoms with Crippen LogP contribution in [0.3, 0.4) is 0 Å². The highest BCUT2D eigenvalue weighted by molar-refractivity contribution is 5.98. The van der Waals surface area contributed by atoms with E-state index in [2.05, 4.69) is 20.1 Å². The number of carbonyl (C=O) groups is 1. The molecule has 1 aromatic carbocycles. The molecule has 7 heteroatoms. The summed E-state index contributed by atoms with van der Waals surface area (Å²) < 4.78 is 13.4. The average molecular weight is 355 g/mol. The Morgan fingerprint density at radius 1 is 1.35 bits per heavy atom. The molecule has 2 aromatic heterocycles. The SMILES string of the molecule is CN(C)Cc1cc([C@@H]2CCCN2C(=O)c2cc3cc(F)ccc3[nH]2)n[nH]1. The van der Waals surface area contributed by atoms with E-state index in [1.807, 2.05) is 25.1 Å². The molecule has 136 valence electrons. The van der Waals surface area contributed by atoms with Gasteiger partial charge in [-0.1, -0.05) is 0 Å². The van der Waals surface area contributed by atoms with E-state index in [1.165, 1.54) is 12.1 Å². The molecule has 0 unspecified atom stereocenters. The Hall–Kier alpha value is -2.67. The molecule has 6 nitrogen and oxygen atoms in total. The number of halogens is 1. The molecular formula is C19H22FN5O. The van der Waals surface area contributed by atoms with Crippen molar-refractivity contribution in [3.05, 3.63) is 53.2 Å². The van der Waals surface area contributed by atoms with Gasteiger partial charge in [-0.05, 0) is 57.3 Å². The second kappa shape index (κ2) is 6.57. The number of rotatable bonds is 4. The maximum atomic E-state index is 13.4. The van der Waals surface area contributed by atoms with Crippen LogP contribution in [-0.2, 0) is 6.54 Å². The summed E-state index contributed by atoms with van der Waals surface area (Å²) in [4.78, 5) is 20.1. The molecule has 1 aliphatic heterocycles. The predicted octanol–water partition coefficient (Wildman–Crippen LogP) is 3.07. The lowest BCUT2D eigenvalue weighted by Gasteiger charge is -2.22. The minimum absolute atomic E-state index is 0.0298. The highest BCUT2D eigenvalue weighted by Crippen LogP contribution is 2.33. The first-order valence-electron chi connectivity index (χ1n) is 8.79. The molecule has 1 atom stereocenters. The second-order valence-corrected chi connectivity index (χ2v) is 7.13. The fourth-order valence-corrected chi connectivity index (χ4v) is 3.66. The summed E-state index contributed by atoms with van der Waals surface area (Å²) >= 11 is 0. The van der Waals surface area contributed by atoms with E-state index in [1.54, 1.807) is 12.1 Å². The van der Waals surface area contributed by atoms with Crippen LogP contribution in [0.4, 0.5) is 4.39 Å². The number of carbonyl (C=O) groups excluding carboxylic acids is 1. The van der Waals surface area contributed by atoms with Gasteiger partial charge >= 0.3 is 0 Å². The zero-order valence-corrected chi connectivity index (χ0v) is 14.9. The maximum Gasteiger partial charge on any atom is 0.270 e. The quantitative estimate of drug-likeness (QED) is 0.756. The van der Waals surface area contributed by atoms with Crippen molar-refractivity contribution in [2.24, 2.45) is 0 Å². The lowest BCUT2D eigenvalue weighted by Crippen LogP contribution is -2.31. The average Bonchev–Trinajstić information content (AvgIpc) is 3.31. The van der Waals surface area contributed by atoms with Crippen LogP contribution in [0.25, 0.3) is 10.9 Å². The van der Waals surface area contributed by atoms with Gasteiger partial charge in [-0.15, -0.1) is 0 Å². The van der Waals surface area contributed by atoms with Crippen LogP contribution in [0.5, 0.6) is 0 Å². The number of nitrogens with zero attached hydrogens (tertiary/aromatic N) is 3. The molecular weight excluding hydrogens is 333 g/mol. The fourth-order valence-electron chi connectivity index (χ4n) is 3.66. The molecule has 0 bridgehead atoms. The summed E-state index contributed by atoms with van der Waals surface area (Å²) in [6.07, 6.45) is 1.84. The Kier molecular flexibility index (Phi) is 4.24. The Balaban J connectivity index is 1.58. The zero-order valence-electron chi connectivity index (χ0n) is 14.9. The van der Waals surface area contributed by atoms with Gasteiger partial charge in [-0.2, -0.15) is 5.10 Å². The normalized spacial score (nSPS) is 17.5. The summed E-state index contributed by atoms with van der Waals surface area (Å²) in [5.74, 6) is -0.374. The molecule has 1 fully saturated rings. The van der Waals surface area contributed by atoms with E-state index in [-0.39, 0.29) is 17.8 Å². The fraction of sp³-hybridized carbons (Fsp3) is 0.368. The Labute approximate surface area is 151 Å². The van der Waals surface area contributed by atoms with Crippen LogP contribution < -0.4 is 0 Å². The van der Waals surface area contributed by atoms with Crippen LogP contribution >= 0.6 is 0 Å². The molecule has 0 aliphatic carbocycles. The standard InChI is InChI=1S/C19H22FN5O/c1-24(2)11-14-10-16(23-22-14)18-4-3-7-25(18)19(26)17-9-12-8-13(20)5-6-15(12)21-17/h5-6,8-10,18,21H,3-4,7,11H2,1-2H3,(H,22,23)/t18-/m0/s1. The predicted molar refractivity (Wildman–Crippen MR) is 97.2 cm³/mol. The number of benzene rings is 1. The van der Waals surface area contributed by atoms with Crippen molar-refractivity contribution in [2.45, 2.75) is 25.4 Å². The van der Waals surface area contributed by atoms with Gasteiger partial charge in [0.25, 0.3) is 5.91 Å². The van der Waals surface area contributed by atoms with Crippen LogP contribution in [0.2, 0.25) is 0 Å². The maximum absolute atomic E-state index is 13.4. The molecule has 2 N–H and O–H groups in total. The van der Waals surface area contributed by atoms with Crippen LogP contribution in [-0.4, -0.2) is 51.5 Å². The van der Waals surface area contributed by atoms with E-state index in [0.29, 0.717) is 17.6 Å². The molecule has 3 aromatic rings.